The van der Waals surface area contributed by atoms with E-state index in [-0.39, 0.29) is 0 Å². The maximum absolute atomic E-state index is 5.71. The summed E-state index contributed by atoms with van der Waals surface area (Å²) in [6, 6.07) is 7.43. The Kier molecular flexibility index (Phi) is 3.35. The maximum atomic E-state index is 5.71. The van der Waals surface area contributed by atoms with Crippen molar-refractivity contribution in [2.24, 2.45) is 0 Å². The predicted molar refractivity (Wildman–Crippen MR) is 76.8 cm³/mol. The summed E-state index contributed by atoms with van der Waals surface area (Å²) in [7, 11) is 1.62. The Balaban J connectivity index is 1.95. The van der Waals surface area contributed by atoms with Crippen molar-refractivity contribution < 1.29 is 9.15 Å². The van der Waals surface area contributed by atoms with Crippen LogP contribution < -0.4 is 4.74 Å². The largest absolute Gasteiger partial charge is 0.497 e. The van der Waals surface area contributed by atoms with Crippen LogP contribution in [0.25, 0.3) is 22.9 Å². The molecule has 0 saturated carbocycles. The minimum Gasteiger partial charge on any atom is -0.497 e. The van der Waals surface area contributed by atoms with Crippen molar-refractivity contribution in [3.05, 3.63) is 42.0 Å². The molecular weight excluding hydrogens is 268 g/mol. The maximum Gasteiger partial charge on any atom is 0.251 e. The van der Waals surface area contributed by atoms with E-state index in [0.29, 0.717) is 17.6 Å². The molecule has 0 unspecified atom stereocenters. The van der Waals surface area contributed by atoms with E-state index in [1.165, 1.54) is 0 Å². The molecule has 0 atom stereocenters. The standard InChI is InChI=1S/C15H14N4O2/c1-9-13(8-16-10(2)17-9)15-19-18-14(21-15)11-4-6-12(20-3)7-5-11/h4-8H,1-3H3. The molecule has 2 aromatic heterocycles. The van der Waals surface area contributed by atoms with Crippen LogP contribution in [0.15, 0.2) is 34.9 Å². The summed E-state index contributed by atoms with van der Waals surface area (Å²) < 4.78 is 10.8. The number of rotatable bonds is 3. The van der Waals surface area contributed by atoms with E-state index in [1.54, 1.807) is 13.3 Å². The van der Waals surface area contributed by atoms with Crippen molar-refractivity contribution in [3.8, 4) is 28.7 Å². The van der Waals surface area contributed by atoms with Gasteiger partial charge in [0.15, 0.2) is 0 Å². The van der Waals surface area contributed by atoms with E-state index >= 15 is 0 Å². The summed E-state index contributed by atoms with van der Waals surface area (Å²) >= 11 is 0. The highest BCUT2D eigenvalue weighted by Crippen LogP contribution is 2.26. The van der Waals surface area contributed by atoms with Gasteiger partial charge in [-0.1, -0.05) is 0 Å². The summed E-state index contributed by atoms with van der Waals surface area (Å²) in [5.41, 5.74) is 2.39. The Morgan fingerprint density at radius 1 is 1.00 bits per heavy atom. The Morgan fingerprint density at radius 3 is 2.38 bits per heavy atom. The van der Waals surface area contributed by atoms with Gasteiger partial charge in [0.25, 0.3) is 5.89 Å². The molecule has 21 heavy (non-hydrogen) atoms. The van der Waals surface area contributed by atoms with E-state index in [1.807, 2.05) is 38.1 Å². The molecule has 2 heterocycles. The number of hydrogen-bond donors (Lipinski definition) is 0. The number of aryl methyl sites for hydroxylation is 2. The van der Waals surface area contributed by atoms with Gasteiger partial charge in [-0.05, 0) is 38.1 Å². The van der Waals surface area contributed by atoms with E-state index in [9.17, 15) is 0 Å². The molecule has 0 aliphatic heterocycles. The molecule has 0 saturated heterocycles. The number of nitrogens with zero attached hydrogens (tertiary/aromatic N) is 4. The average molecular weight is 282 g/mol. The molecule has 1 aromatic carbocycles. The molecule has 0 amide bonds. The van der Waals surface area contributed by atoms with Gasteiger partial charge in [-0.2, -0.15) is 0 Å². The highest BCUT2D eigenvalue weighted by atomic mass is 16.5. The highest BCUT2D eigenvalue weighted by molar-refractivity contribution is 5.59. The molecular formula is C15H14N4O2. The van der Waals surface area contributed by atoms with E-state index in [2.05, 4.69) is 20.2 Å². The van der Waals surface area contributed by atoms with Gasteiger partial charge in [-0.25, -0.2) is 9.97 Å². The minimum absolute atomic E-state index is 0.415. The van der Waals surface area contributed by atoms with Gasteiger partial charge in [0.05, 0.1) is 18.4 Å². The van der Waals surface area contributed by atoms with Crippen LogP contribution in [-0.2, 0) is 0 Å². The summed E-state index contributed by atoms with van der Waals surface area (Å²) in [5.74, 6) is 2.36. The second kappa shape index (κ2) is 5.32. The first-order valence-electron chi connectivity index (χ1n) is 6.46. The van der Waals surface area contributed by atoms with Gasteiger partial charge in [0.2, 0.25) is 5.89 Å². The van der Waals surface area contributed by atoms with E-state index < -0.39 is 0 Å². The molecule has 0 bridgehead atoms. The van der Waals surface area contributed by atoms with Crippen molar-refractivity contribution >= 4 is 0 Å². The first-order valence-corrected chi connectivity index (χ1v) is 6.46. The van der Waals surface area contributed by atoms with Gasteiger partial charge in [0, 0.05) is 11.8 Å². The molecule has 0 aliphatic rings. The first-order chi connectivity index (χ1) is 10.2. The van der Waals surface area contributed by atoms with Crippen molar-refractivity contribution in [2.75, 3.05) is 7.11 Å². The van der Waals surface area contributed by atoms with Crippen LogP contribution >= 0.6 is 0 Å². The quantitative estimate of drug-likeness (QED) is 0.735. The smallest absolute Gasteiger partial charge is 0.251 e. The highest BCUT2D eigenvalue weighted by Gasteiger charge is 2.13. The monoisotopic (exact) mass is 282 g/mol. The lowest BCUT2D eigenvalue weighted by Crippen LogP contribution is -1.93. The zero-order valence-electron chi connectivity index (χ0n) is 12.0. The van der Waals surface area contributed by atoms with Gasteiger partial charge >= 0.3 is 0 Å². The van der Waals surface area contributed by atoms with Crippen LogP contribution in [0.2, 0.25) is 0 Å². The fourth-order valence-corrected chi connectivity index (χ4v) is 1.98. The molecule has 0 fully saturated rings. The third-order valence-electron chi connectivity index (χ3n) is 3.09. The molecule has 106 valence electrons. The fourth-order valence-electron chi connectivity index (χ4n) is 1.98. The Hall–Kier alpha value is -2.76. The molecule has 3 rings (SSSR count). The summed E-state index contributed by atoms with van der Waals surface area (Å²) in [5, 5.41) is 8.14. The number of ether oxygens (including phenoxy) is 1. The van der Waals surface area contributed by atoms with Crippen LogP contribution in [0, 0.1) is 13.8 Å². The zero-order valence-corrected chi connectivity index (χ0v) is 12.0. The van der Waals surface area contributed by atoms with Crippen molar-refractivity contribution in [1.82, 2.24) is 20.2 Å². The third kappa shape index (κ3) is 2.60. The Morgan fingerprint density at radius 2 is 1.71 bits per heavy atom. The Labute approximate surface area is 121 Å². The normalized spacial score (nSPS) is 10.6. The molecule has 0 radical (unpaired) electrons. The lowest BCUT2D eigenvalue weighted by atomic mass is 10.2. The van der Waals surface area contributed by atoms with Gasteiger partial charge in [-0.3, -0.25) is 0 Å². The average Bonchev–Trinajstić information content (AvgIpc) is 2.97. The molecule has 6 nitrogen and oxygen atoms in total. The number of hydrogen-bond acceptors (Lipinski definition) is 6. The van der Waals surface area contributed by atoms with E-state index in [0.717, 1.165) is 22.6 Å². The third-order valence-corrected chi connectivity index (χ3v) is 3.09. The lowest BCUT2D eigenvalue weighted by Gasteiger charge is -2.00. The van der Waals surface area contributed by atoms with Crippen molar-refractivity contribution in [3.63, 3.8) is 0 Å². The fraction of sp³-hybridized carbons (Fsp3) is 0.200. The SMILES string of the molecule is COc1ccc(-c2nnc(-c3cnc(C)nc3C)o2)cc1. The van der Waals surface area contributed by atoms with Crippen LogP contribution in [0.4, 0.5) is 0 Å². The predicted octanol–water partition coefficient (Wildman–Crippen LogP) is 2.82. The number of aromatic nitrogens is 4. The molecule has 3 aromatic rings. The minimum atomic E-state index is 0.415. The van der Waals surface area contributed by atoms with Crippen LogP contribution in [0.3, 0.4) is 0 Å². The van der Waals surface area contributed by atoms with Crippen molar-refractivity contribution in [1.29, 1.82) is 0 Å². The molecule has 0 spiro atoms. The summed E-state index contributed by atoms with van der Waals surface area (Å²) in [6.45, 7) is 3.73. The van der Waals surface area contributed by atoms with Crippen LogP contribution in [0.1, 0.15) is 11.5 Å². The zero-order chi connectivity index (χ0) is 14.8. The van der Waals surface area contributed by atoms with Crippen LogP contribution in [-0.4, -0.2) is 27.3 Å². The molecule has 6 heteroatoms. The van der Waals surface area contributed by atoms with Crippen LogP contribution in [0.5, 0.6) is 5.75 Å². The second-order valence-electron chi connectivity index (χ2n) is 4.56. The van der Waals surface area contributed by atoms with E-state index in [4.69, 9.17) is 9.15 Å². The summed E-state index contributed by atoms with van der Waals surface area (Å²) in [4.78, 5) is 8.46. The molecule has 0 N–H and O–H groups in total. The number of benzene rings is 1. The summed E-state index contributed by atoms with van der Waals surface area (Å²) in [6.07, 6.45) is 1.70. The van der Waals surface area contributed by atoms with Gasteiger partial charge in [0.1, 0.15) is 11.6 Å². The lowest BCUT2D eigenvalue weighted by molar-refractivity contribution is 0.415. The second-order valence-corrected chi connectivity index (χ2v) is 4.56. The first kappa shape index (κ1) is 13.2. The Bertz CT molecular complexity index is 766. The van der Waals surface area contributed by atoms with Gasteiger partial charge in [-0.15, -0.1) is 10.2 Å². The topological polar surface area (TPSA) is 73.9 Å². The van der Waals surface area contributed by atoms with Crippen molar-refractivity contribution in [2.45, 2.75) is 13.8 Å². The molecule has 0 aliphatic carbocycles. The van der Waals surface area contributed by atoms with Gasteiger partial charge < -0.3 is 9.15 Å². The number of methoxy groups -OCH3 is 1.